The number of ether oxygens (including phenoxy) is 3. The summed E-state index contributed by atoms with van der Waals surface area (Å²) in [6.45, 7) is 1.08. The molecule has 1 aliphatic heterocycles. The van der Waals surface area contributed by atoms with E-state index < -0.39 is 0 Å². The molecule has 1 amide bonds. The van der Waals surface area contributed by atoms with Crippen molar-refractivity contribution in [2.45, 2.75) is 6.42 Å². The van der Waals surface area contributed by atoms with Crippen molar-refractivity contribution in [2.75, 3.05) is 25.6 Å². The van der Waals surface area contributed by atoms with E-state index in [0.717, 1.165) is 11.3 Å². The van der Waals surface area contributed by atoms with Gasteiger partial charge >= 0.3 is 0 Å². The first kappa shape index (κ1) is 14.3. The number of nitrogens with one attached hydrogen (secondary N) is 1. The lowest BCUT2D eigenvalue weighted by Gasteiger charge is -2.19. The second-order valence-corrected chi connectivity index (χ2v) is 4.93. The maximum Gasteiger partial charge on any atom is 0.228 e. The Morgan fingerprint density at radius 2 is 1.82 bits per heavy atom. The standard InChI is InChI=1S/C17H17NO4/c1-20-14-5-2-12(3-6-14)10-17(19)18-13-4-7-15-16(11-13)22-9-8-21-15/h2-7,11H,8-10H2,1H3,(H,18,19). The minimum Gasteiger partial charge on any atom is -0.497 e. The molecule has 0 saturated carbocycles. The van der Waals surface area contributed by atoms with Crippen LogP contribution in [0.1, 0.15) is 5.56 Å². The van der Waals surface area contributed by atoms with Gasteiger partial charge in [0.1, 0.15) is 19.0 Å². The van der Waals surface area contributed by atoms with E-state index in [2.05, 4.69) is 5.32 Å². The zero-order valence-electron chi connectivity index (χ0n) is 12.3. The highest BCUT2D eigenvalue weighted by atomic mass is 16.6. The van der Waals surface area contributed by atoms with Crippen molar-refractivity contribution >= 4 is 11.6 Å². The van der Waals surface area contributed by atoms with Crippen molar-refractivity contribution in [3.05, 3.63) is 48.0 Å². The number of rotatable bonds is 4. The van der Waals surface area contributed by atoms with Gasteiger partial charge in [0, 0.05) is 11.8 Å². The lowest BCUT2D eigenvalue weighted by molar-refractivity contribution is -0.115. The van der Waals surface area contributed by atoms with Gasteiger partial charge in [-0.2, -0.15) is 0 Å². The number of hydrogen-bond acceptors (Lipinski definition) is 4. The fraction of sp³-hybridized carbons (Fsp3) is 0.235. The third kappa shape index (κ3) is 3.31. The third-order valence-corrected chi connectivity index (χ3v) is 3.35. The van der Waals surface area contributed by atoms with E-state index in [9.17, 15) is 4.79 Å². The lowest BCUT2D eigenvalue weighted by Crippen LogP contribution is -2.17. The van der Waals surface area contributed by atoms with Crippen LogP contribution >= 0.6 is 0 Å². The van der Waals surface area contributed by atoms with Gasteiger partial charge in [-0.25, -0.2) is 0 Å². The van der Waals surface area contributed by atoms with Crippen molar-refractivity contribution in [2.24, 2.45) is 0 Å². The smallest absolute Gasteiger partial charge is 0.228 e. The molecular formula is C17H17NO4. The van der Waals surface area contributed by atoms with E-state index in [1.165, 1.54) is 0 Å². The van der Waals surface area contributed by atoms with Crippen LogP contribution in [0.3, 0.4) is 0 Å². The summed E-state index contributed by atoms with van der Waals surface area (Å²) in [5.41, 5.74) is 1.62. The number of amides is 1. The van der Waals surface area contributed by atoms with Crippen molar-refractivity contribution in [1.29, 1.82) is 0 Å². The first-order valence-corrected chi connectivity index (χ1v) is 7.07. The van der Waals surface area contributed by atoms with Gasteiger partial charge in [-0.1, -0.05) is 12.1 Å². The molecule has 3 rings (SSSR count). The zero-order valence-corrected chi connectivity index (χ0v) is 12.3. The number of benzene rings is 2. The molecule has 1 aliphatic rings. The fourth-order valence-corrected chi connectivity index (χ4v) is 2.26. The maximum absolute atomic E-state index is 12.1. The summed E-state index contributed by atoms with van der Waals surface area (Å²) in [4.78, 5) is 12.1. The molecule has 2 aromatic carbocycles. The molecule has 0 spiro atoms. The average molecular weight is 299 g/mol. The Balaban J connectivity index is 1.63. The SMILES string of the molecule is COc1ccc(CC(=O)Nc2ccc3c(c2)OCCO3)cc1. The van der Waals surface area contributed by atoms with Crippen LogP contribution < -0.4 is 19.5 Å². The van der Waals surface area contributed by atoms with Gasteiger partial charge in [0.15, 0.2) is 11.5 Å². The fourth-order valence-electron chi connectivity index (χ4n) is 2.26. The van der Waals surface area contributed by atoms with Crippen molar-refractivity contribution in [1.82, 2.24) is 0 Å². The van der Waals surface area contributed by atoms with E-state index in [0.29, 0.717) is 36.8 Å². The highest BCUT2D eigenvalue weighted by Gasteiger charge is 2.13. The predicted molar refractivity (Wildman–Crippen MR) is 82.8 cm³/mol. The molecule has 0 aliphatic carbocycles. The van der Waals surface area contributed by atoms with Crippen LogP contribution in [0, 0.1) is 0 Å². The summed E-state index contributed by atoms with van der Waals surface area (Å²) in [7, 11) is 1.61. The number of anilines is 1. The summed E-state index contributed by atoms with van der Waals surface area (Å²) in [5.74, 6) is 2.06. The second kappa shape index (κ2) is 6.39. The molecule has 114 valence electrons. The molecule has 5 heteroatoms. The molecule has 1 heterocycles. The van der Waals surface area contributed by atoms with Crippen LogP contribution in [0.5, 0.6) is 17.2 Å². The maximum atomic E-state index is 12.1. The summed E-state index contributed by atoms with van der Waals surface area (Å²) < 4.78 is 16.0. The monoisotopic (exact) mass is 299 g/mol. The van der Waals surface area contributed by atoms with Gasteiger partial charge in [-0.05, 0) is 29.8 Å². The van der Waals surface area contributed by atoms with Crippen LogP contribution in [0.4, 0.5) is 5.69 Å². The second-order valence-electron chi connectivity index (χ2n) is 4.93. The first-order valence-electron chi connectivity index (χ1n) is 7.07. The first-order chi connectivity index (χ1) is 10.7. The van der Waals surface area contributed by atoms with Crippen LogP contribution in [-0.2, 0) is 11.2 Å². The lowest BCUT2D eigenvalue weighted by atomic mass is 10.1. The third-order valence-electron chi connectivity index (χ3n) is 3.35. The summed E-state index contributed by atoms with van der Waals surface area (Å²) in [5, 5.41) is 2.86. The number of fused-ring (bicyclic) bond motifs is 1. The highest BCUT2D eigenvalue weighted by Crippen LogP contribution is 2.32. The Kier molecular flexibility index (Phi) is 4.14. The van der Waals surface area contributed by atoms with Crippen LogP contribution in [0.2, 0.25) is 0 Å². The van der Waals surface area contributed by atoms with Crippen molar-refractivity contribution < 1.29 is 19.0 Å². The van der Waals surface area contributed by atoms with E-state index in [1.54, 1.807) is 25.3 Å². The predicted octanol–water partition coefficient (Wildman–Crippen LogP) is 2.65. The Morgan fingerprint density at radius 3 is 2.55 bits per heavy atom. The Morgan fingerprint density at radius 1 is 1.09 bits per heavy atom. The van der Waals surface area contributed by atoms with Crippen LogP contribution in [-0.4, -0.2) is 26.2 Å². The molecule has 0 radical (unpaired) electrons. The van der Waals surface area contributed by atoms with Gasteiger partial charge in [-0.3, -0.25) is 4.79 Å². The van der Waals surface area contributed by atoms with Crippen LogP contribution in [0.15, 0.2) is 42.5 Å². The van der Waals surface area contributed by atoms with E-state index in [4.69, 9.17) is 14.2 Å². The van der Waals surface area contributed by atoms with E-state index >= 15 is 0 Å². The largest absolute Gasteiger partial charge is 0.497 e. The Bertz CT molecular complexity index is 667. The van der Waals surface area contributed by atoms with Crippen molar-refractivity contribution in [3.63, 3.8) is 0 Å². The molecule has 0 bridgehead atoms. The Labute approximate surface area is 128 Å². The average Bonchev–Trinajstić information content (AvgIpc) is 2.55. The number of methoxy groups -OCH3 is 1. The molecule has 2 aromatic rings. The van der Waals surface area contributed by atoms with Gasteiger partial charge in [0.05, 0.1) is 13.5 Å². The van der Waals surface area contributed by atoms with Crippen molar-refractivity contribution in [3.8, 4) is 17.2 Å². The molecule has 0 saturated heterocycles. The minimum atomic E-state index is -0.0816. The zero-order chi connectivity index (χ0) is 15.4. The van der Waals surface area contributed by atoms with E-state index in [-0.39, 0.29) is 5.91 Å². The van der Waals surface area contributed by atoms with Gasteiger partial charge in [0.2, 0.25) is 5.91 Å². The number of hydrogen-bond donors (Lipinski definition) is 1. The molecule has 22 heavy (non-hydrogen) atoms. The van der Waals surface area contributed by atoms with Crippen LogP contribution in [0.25, 0.3) is 0 Å². The van der Waals surface area contributed by atoms with Gasteiger partial charge < -0.3 is 19.5 Å². The molecular weight excluding hydrogens is 282 g/mol. The molecule has 5 nitrogen and oxygen atoms in total. The molecule has 0 fully saturated rings. The van der Waals surface area contributed by atoms with Gasteiger partial charge in [0.25, 0.3) is 0 Å². The number of carbonyl (C=O) groups is 1. The minimum absolute atomic E-state index is 0.0816. The Hall–Kier alpha value is -2.69. The molecule has 0 aromatic heterocycles. The topological polar surface area (TPSA) is 56.8 Å². The number of carbonyl (C=O) groups excluding carboxylic acids is 1. The quantitative estimate of drug-likeness (QED) is 0.943. The van der Waals surface area contributed by atoms with Gasteiger partial charge in [-0.15, -0.1) is 0 Å². The summed E-state index contributed by atoms with van der Waals surface area (Å²) in [6.07, 6.45) is 0.304. The molecule has 1 N–H and O–H groups in total. The van der Waals surface area contributed by atoms with E-state index in [1.807, 2.05) is 24.3 Å². The summed E-state index contributed by atoms with van der Waals surface area (Å²) in [6, 6.07) is 12.8. The molecule has 0 atom stereocenters. The molecule has 0 unspecified atom stereocenters. The normalized spacial score (nSPS) is 12.6. The highest BCUT2D eigenvalue weighted by molar-refractivity contribution is 5.92. The summed E-state index contributed by atoms with van der Waals surface area (Å²) >= 11 is 0.